The molecule has 0 fully saturated rings. The first-order valence-electron chi connectivity index (χ1n) is 8.53. The van der Waals surface area contributed by atoms with E-state index in [0.29, 0.717) is 17.2 Å². The van der Waals surface area contributed by atoms with E-state index in [1.54, 1.807) is 55.6 Å². The van der Waals surface area contributed by atoms with Gasteiger partial charge in [-0.25, -0.2) is 5.43 Å². The van der Waals surface area contributed by atoms with Crippen molar-refractivity contribution in [3.05, 3.63) is 54.1 Å². The molecule has 2 N–H and O–H groups in total. The van der Waals surface area contributed by atoms with Crippen LogP contribution in [0.1, 0.15) is 18.4 Å². The first kappa shape index (κ1) is 20.5. The Morgan fingerprint density at radius 2 is 1.68 bits per heavy atom. The maximum Gasteiger partial charge on any atom is 0.240 e. The molecule has 0 heterocycles. The van der Waals surface area contributed by atoms with Crippen LogP contribution in [0.25, 0.3) is 0 Å². The standard InChI is InChI=1S/C21H21N3O4/c1-3-14-28-19-8-4-16(5-9-19)15-22-24-21(26)13-12-20(25)23-17-6-10-18(27-2)11-7-17/h1,4-11,15H,12-14H2,2H3,(H,23,25)(H,24,26). The molecule has 2 amide bonds. The molecule has 0 aromatic heterocycles. The number of methoxy groups -OCH3 is 1. The largest absolute Gasteiger partial charge is 0.497 e. The summed E-state index contributed by atoms with van der Waals surface area (Å²) >= 11 is 0. The number of ether oxygens (including phenoxy) is 2. The number of hydrazone groups is 1. The van der Waals surface area contributed by atoms with Crippen molar-refractivity contribution in [2.45, 2.75) is 12.8 Å². The van der Waals surface area contributed by atoms with E-state index >= 15 is 0 Å². The highest BCUT2D eigenvalue weighted by Crippen LogP contribution is 2.15. The van der Waals surface area contributed by atoms with Crippen LogP contribution >= 0.6 is 0 Å². The fourth-order valence-electron chi connectivity index (χ4n) is 2.13. The number of nitrogens with one attached hydrogen (secondary N) is 2. The lowest BCUT2D eigenvalue weighted by molar-refractivity contribution is -0.124. The van der Waals surface area contributed by atoms with Crippen LogP contribution in [-0.4, -0.2) is 31.7 Å². The zero-order valence-corrected chi connectivity index (χ0v) is 15.5. The summed E-state index contributed by atoms with van der Waals surface area (Å²) in [6.45, 7) is 0.204. The summed E-state index contributed by atoms with van der Waals surface area (Å²) in [7, 11) is 1.57. The molecule has 0 atom stereocenters. The molecule has 28 heavy (non-hydrogen) atoms. The van der Waals surface area contributed by atoms with E-state index in [-0.39, 0.29) is 31.3 Å². The zero-order chi connectivity index (χ0) is 20.2. The minimum absolute atomic E-state index is 0.0260. The predicted octanol–water partition coefficient (Wildman–Crippen LogP) is 2.58. The lowest BCUT2D eigenvalue weighted by atomic mass is 10.2. The summed E-state index contributed by atoms with van der Waals surface area (Å²) in [5.41, 5.74) is 3.81. The highest BCUT2D eigenvalue weighted by atomic mass is 16.5. The molecular weight excluding hydrogens is 358 g/mol. The molecule has 0 bridgehead atoms. The van der Waals surface area contributed by atoms with Crippen LogP contribution in [0, 0.1) is 12.3 Å². The van der Waals surface area contributed by atoms with Crippen molar-refractivity contribution in [1.82, 2.24) is 5.43 Å². The topological polar surface area (TPSA) is 89.0 Å². The Morgan fingerprint density at radius 3 is 2.32 bits per heavy atom. The fourth-order valence-corrected chi connectivity index (χ4v) is 2.13. The van der Waals surface area contributed by atoms with Crippen LogP contribution in [0.2, 0.25) is 0 Å². The van der Waals surface area contributed by atoms with Gasteiger partial charge in [0.05, 0.1) is 13.3 Å². The predicted molar refractivity (Wildman–Crippen MR) is 107 cm³/mol. The molecule has 2 aromatic carbocycles. The van der Waals surface area contributed by atoms with Crippen LogP contribution in [0.15, 0.2) is 53.6 Å². The molecule has 0 aliphatic heterocycles. The molecular formula is C21H21N3O4. The Morgan fingerprint density at radius 1 is 1.04 bits per heavy atom. The lowest BCUT2D eigenvalue weighted by Gasteiger charge is -2.06. The third-order valence-corrected chi connectivity index (χ3v) is 3.56. The normalized spacial score (nSPS) is 10.1. The highest BCUT2D eigenvalue weighted by Gasteiger charge is 2.07. The molecule has 7 nitrogen and oxygen atoms in total. The first-order chi connectivity index (χ1) is 13.6. The SMILES string of the molecule is C#CCOc1ccc(C=NNC(=O)CCC(=O)Nc2ccc(OC)cc2)cc1. The number of amides is 2. The van der Waals surface area contributed by atoms with Gasteiger partial charge in [-0.15, -0.1) is 6.42 Å². The van der Waals surface area contributed by atoms with Gasteiger partial charge in [0, 0.05) is 18.5 Å². The third-order valence-electron chi connectivity index (χ3n) is 3.56. The van der Waals surface area contributed by atoms with Crippen LogP contribution in [0.3, 0.4) is 0 Å². The minimum atomic E-state index is -0.352. The van der Waals surface area contributed by atoms with E-state index in [1.165, 1.54) is 6.21 Å². The number of carbonyl (C=O) groups excluding carboxylic acids is 2. The fraction of sp³-hybridized carbons (Fsp3) is 0.190. The molecule has 0 radical (unpaired) electrons. The van der Waals surface area contributed by atoms with Gasteiger partial charge in [-0.05, 0) is 54.1 Å². The second-order valence-corrected chi connectivity index (χ2v) is 5.63. The van der Waals surface area contributed by atoms with Gasteiger partial charge in [0.25, 0.3) is 0 Å². The molecule has 2 aromatic rings. The zero-order valence-electron chi connectivity index (χ0n) is 15.5. The van der Waals surface area contributed by atoms with E-state index in [0.717, 1.165) is 5.56 Å². The second-order valence-electron chi connectivity index (χ2n) is 5.63. The molecule has 0 aliphatic carbocycles. The molecule has 144 valence electrons. The minimum Gasteiger partial charge on any atom is -0.497 e. The van der Waals surface area contributed by atoms with Gasteiger partial charge in [-0.3, -0.25) is 9.59 Å². The van der Waals surface area contributed by atoms with E-state index in [2.05, 4.69) is 21.8 Å². The summed E-state index contributed by atoms with van der Waals surface area (Å²) in [5.74, 6) is 3.13. The van der Waals surface area contributed by atoms with Gasteiger partial charge in [0.1, 0.15) is 18.1 Å². The van der Waals surface area contributed by atoms with E-state index in [1.807, 2.05) is 0 Å². The van der Waals surface area contributed by atoms with Crippen LogP contribution < -0.4 is 20.2 Å². The van der Waals surface area contributed by atoms with E-state index in [4.69, 9.17) is 15.9 Å². The Bertz CT molecular complexity index is 853. The lowest BCUT2D eigenvalue weighted by Crippen LogP contribution is -2.20. The molecule has 0 unspecified atom stereocenters. The Labute approximate surface area is 163 Å². The number of carbonyl (C=O) groups is 2. The van der Waals surface area contributed by atoms with Crippen molar-refractivity contribution in [2.75, 3.05) is 19.0 Å². The maximum absolute atomic E-state index is 11.9. The number of hydrogen-bond acceptors (Lipinski definition) is 5. The molecule has 0 saturated carbocycles. The summed E-state index contributed by atoms with van der Waals surface area (Å²) in [6, 6.07) is 14.0. The first-order valence-corrected chi connectivity index (χ1v) is 8.53. The van der Waals surface area contributed by atoms with Crippen molar-refractivity contribution < 1.29 is 19.1 Å². The monoisotopic (exact) mass is 379 g/mol. The summed E-state index contributed by atoms with van der Waals surface area (Å²) in [6.07, 6.45) is 6.70. The highest BCUT2D eigenvalue weighted by molar-refractivity contribution is 5.93. The van der Waals surface area contributed by atoms with Crippen molar-refractivity contribution in [3.8, 4) is 23.8 Å². The van der Waals surface area contributed by atoms with Gasteiger partial charge >= 0.3 is 0 Å². The van der Waals surface area contributed by atoms with Crippen molar-refractivity contribution >= 4 is 23.7 Å². The number of hydrogen-bond donors (Lipinski definition) is 2. The molecule has 7 heteroatoms. The third kappa shape index (κ3) is 7.22. The maximum atomic E-state index is 11.9. The summed E-state index contributed by atoms with van der Waals surface area (Å²) in [4.78, 5) is 23.7. The Kier molecular flexibility index (Phi) is 8.09. The molecule has 2 rings (SSSR count). The Balaban J connectivity index is 1.70. The van der Waals surface area contributed by atoms with E-state index < -0.39 is 0 Å². The summed E-state index contributed by atoms with van der Waals surface area (Å²) < 4.78 is 10.3. The quantitative estimate of drug-likeness (QED) is 0.398. The second kappa shape index (κ2) is 11.0. The van der Waals surface area contributed by atoms with Crippen LogP contribution in [-0.2, 0) is 9.59 Å². The van der Waals surface area contributed by atoms with Gasteiger partial charge in [0.15, 0.2) is 0 Å². The molecule has 0 saturated heterocycles. The molecule has 0 spiro atoms. The van der Waals surface area contributed by atoms with E-state index in [9.17, 15) is 9.59 Å². The van der Waals surface area contributed by atoms with Gasteiger partial charge < -0.3 is 14.8 Å². The number of benzene rings is 2. The van der Waals surface area contributed by atoms with Gasteiger partial charge in [-0.2, -0.15) is 5.10 Å². The number of rotatable bonds is 9. The van der Waals surface area contributed by atoms with Gasteiger partial charge in [-0.1, -0.05) is 5.92 Å². The smallest absolute Gasteiger partial charge is 0.240 e. The average molecular weight is 379 g/mol. The van der Waals surface area contributed by atoms with Crippen molar-refractivity contribution in [3.63, 3.8) is 0 Å². The number of anilines is 1. The van der Waals surface area contributed by atoms with Gasteiger partial charge in [0.2, 0.25) is 11.8 Å². The van der Waals surface area contributed by atoms with Crippen molar-refractivity contribution in [1.29, 1.82) is 0 Å². The van der Waals surface area contributed by atoms with Crippen molar-refractivity contribution in [2.24, 2.45) is 5.10 Å². The van der Waals surface area contributed by atoms with Crippen LogP contribution in [0.4, 0.5) is 5.69 Å². The summed E-state index contributed by atoms with van der Waals surface area (Å²) in [5, 5.41) is 6.58. The number of nitrogens with zero attached hydrogens (tertiary/aromatic N) is 1. The average Bonchev–Trinajstić information content (AvgIpc) is 2.72. The molecule has 0 aliphatic rings. The van der Waals surface area contributed by atoms with Crippen LogP contribution in [0.5, 0.6) is 11.5 Å². The Hall–Kier alpha value is -3.79. The number of terminal acetylenes is 1.